The lowest BCUT2D eigenvalue weighted by molar-refractivity contribution is 0.317. The monoisotopic (exact) mass is 612 g/mol. The van der Waals surface area contributed by atoms with E-state index in [1.165, 1.54) is 28.0 Å². The maximum atomic E-state index is 13.8. The second-order valence-corrected chi connectivity index (χ2v) is 11.6. The Kier molecular flexibility index (Phi) is 5.90. The molecule has 0 unspecified atom stereocenters. The van der Waals surface area contributed by atoms with Crippen LogP contribution in [0.3, 0.4) is 0 Å². The summed E-state index contributed by atoms with van der Waals surface area (Å²) in [5, 5.41) is 12.4. The number of thiazole rings is 1. The number of aryl methyl sites for hydroxylation is 1. The normalized spacial score (nSPS) is 17.0. The van der Waals surface area contributed by atoms with Gasteiger partial charge in [-0.25, -0.2) is 4.99 Å². The Morgan fingerprint density at radius 3 is 2.89 bits per heavy atom. The number of rotatable bonds is 4. The van der Waals surface area contributed by atoms with E-state index in [1.54, 1.807) is 17.4 Å². The molecule has 1 N–H and O–H groups in total. The molecule has 2 aliphatic rings. The van der Waals surface area contributed by atoms with E-state index in [0.717, 1.165) is 29.0 Å². The Balaban J connectivity index is 1.58. The molecule has 5 nitrogen and oxygen atoms in total. The highest BCUT2D eigenvalue weighted by molar-refractivity contribution is 14.1. The minimum Gasteiger partial charge on any atom is -0.504 e. The molecular formula is C27H21IN2O3S2. The summed E-state index contributed by atoms with van der Waals surface area (Å²) in [7, 11) is 0. The molecule has 35 heavy (non-hydrogen) atoms. The fourth-order valence-electron chi connectivity index (χ4n) is 4.81. The molecule has 4 aromatic rings. The molecule has 0 bridgehead atoms. The first kappa shape index (κ1) is 22.8. The van der Waals surface area contributed by atoms with Gasteiger partial charge >= 0.3 is 0 Å². The van der Waals surface area contributed by atoms with Crippen LogP contribution in [0.5, 0.6) is 11.5 Å². The lowest BCUT2D eigenvalue weighted by Gasteiger charge is -2.30. The topological polar surface area (TPSA) is 63.8 Å². The minimum absolute atomic E-state index is 0.0430. The third-order valence-corrected chi connectivity index (χ3v) is 9.06. The fourth-order valence-corrected chi connectivity index (χ4v) is 7.29. The maximum Gasteiger partial charge on any atom is 0.271 e. The summed E-state index contributed by atoms with van der Waals surface area (Å²) < 4.78 is 8.75. The van der Waals surface area contributed by atoms with Crippen LogP contribution in [0, 0.1) is 3.57 Å². The number of hydrogen-bond donors (Lipinski definition) is 1. The van der Waals surface area contributed by atoms with Gasteiger partial charge in [0.05, 0.1) is 26.4 Å². The first-order valence-corrected chi connectivity index (χ1v) is 14.1. The van der Waals surface area contributed by atoms with Gasteiger partial charge in [0.25, 0.3) is 5.56 Å². The van der Waals surface area contributed by atoms with Crippen LogP contribution in [0.1, 0.15) is 41.0 Å². The third-order valence-electron chi connectivity index (χ3n) is 6.33. The number of aromatic nitrogens is 1. The van der Waals surface area contributed by atoms with Crippen LogP contribution in [-0.2, 0) is 6.42 Å². The van der Waals surface area contributed by atoms with E-state index in [1.807, 2.05) is 29.7 Å². The molecule has 0 fully saturated rings. The van der Waals surface area contributed by atoms with Gasteiger partial charge in [0, 0.05) is 10.4 Å². The van der Waals surface area contributed by atoms with Crippen molar-refractivity contribution in [2.24, 2.45) is 4.99 Å². The largest absolute Gasteiger partial charge is 0.504 e. The van der Waals surface area contributed by atoms with E-state index in [0.29, 0.717) is 25.3 Å². The molecule has 2 aromatic heterocycles. The molecule has 0 amide bonds. The van der Waals surface area contributed by atoms with Crippen molar-refractivity contribution < 1.29 is 9.84 Å². The summed E-state index contributed by atoms with van der Waals surface area (Å²) in [5.74, 6) is 0.539. The molecule has 1 atom stereocenters. The van der Waals surface area contributed by atoms with Gasteiger partial charge in [-0.1, -0.05) is 41.7 Å². The highest BCUT2D eigenvalue weighted by Gasteiger charge is 2.33. The van der Waals surface area contributed by atoms with Crippen molar-refractivity contribution in [1.29, 1.82) is 0 Å². The van der Waals surface area contributed by atoms with E-state index in [9.17, 15) is 9.90 Å². The summed E-state index contributed by atoms with van der Waals surface area (Å²) in [6, 6.07) is 16.1. The molecule has 6 rings (SSSR count). The fraction of sp³-hybridized carbons (Fsp3) is 0.185. The van der Waals surface area contributed by atoms with Gasteiger partial charge in [-0.15, -0.1) is 11.3 Å². The highest BCUT2D eigenvalue weighted by Crippen LogP contribution is 2.42. The maximum absolute atomic E-state index is 13.8. The number of aromatic hydroxyl groups is 1. The van der Waals surface area contributed by atoms with E-state index >= 15 is 0 Å². The molecule has 2 aromatic carbocycles. The summed E-state index contributed by atoms with van der Waals surface area (Å²) in [6.45, 7) is 2.32. The lowest BCUT2D eigenvalue weighted by Crippen LogP contribution is -2.38. The number of ether oxygens (including phenoxy) is 1. The van der Waals surface area contributed by atoms with Crippen molar-refractivity contribution in [2.45, 2.75) is 25.8 Å². The van der Waals surface area contributed by atoms with Gasteiger partial charge in [-0.2, -0.15) is 0 Å². The number of fused-ring (bicyclic) bond motifs is 3. The highest BCUT2D eigenvalue weighted by atomic mass is 127. The number of phenols is 1. The van der Waals surface area contributed by atoms with Gasteiger partial charge in [-0.3, -0.25) is 9.36 Å². The quantitative estimate of drug-likeness (QED) is 0.327. The molecule has 1 aliphatic carbocycles. The van der Waals surface area contributed by atoms with Crippen LogP contribution in [0.2, 0.25) is 0 Å². The number of halogens is 1. The number of hydrogen-bond acceptors (Lipinski definition) is 6. The first-order valence-electron chi connectivity index (χ1n) is 11.4. The zero-order valence-corrected chi connectivity index (χ0v) is 22.6. The SMILES string of the molecule is CCOc1cc(/C=c2/sc3n(c2=O)[C@@H](c2cccs2)C2=C(N=3)c3ccccc3CC2)cc(I)c1O. The molecular weight excluding hydrogens is 591 g/mol. The molecule has 0 radical (unpaired) electrons. The predicted molar refractivity (Wildman–Crippen MR) is 149 cm³/mol. The van der Waals surface area contributed by atoms with E-state index < -0.39 is 0 Å². The van der Waals surface area contributed by atoms with Crippen molar-refractivity contribution in [3.8, 4) is 11.5 Å². The van der Waals surface area contributed by atoms with Crippen LogP contribution in [0.4, 0.5) is 0 Å². The first-order chi connectivity index (χ1) is 17.0. The zero-order valence-electron chi connectivity index (χ0n) is 18.8. The zero-order chi connectivity index (χ0) is 24.1. The van der Waals surface area contributed by atoms with Gasteiger partial charge in [0.1, 0.15) is 0 Å². The van der Waals surface area contributed by atoms with Gasteiger partial charge in [0.15, 0.2) is 16.3 Å². The Morgan fingerprint density at radius 1 is 1.23 bits per heavy atom. The average Bonchev–Trinajstić information content (AvgIpc) is 3.50. The van der Waals surface area contributed by atoms with Gasteiger partial charge in [-0.05, 0) is 88.7 Å². The molecule has 8 heteroatoms. The predicted octanol–water partition coefficient (Wildman–Crippen LogP) is 5.09. The number of nitrogens with zero attached hydrogens (tertiary/aromatic N) is 2. The van der Waals surface area contributed by atoms with Crippen LogP contribution < -0.4 is 19.6 Å². The molecule has 3 heterocycles. The Hall–Kier alpha value is -2.69. The van der Waals surface area contributed by atoms with Crippen molar-refractivity contribution in [3.05, 3.63) is 104 Å². The van der Waals surface area contributed by atoms with Crippen LogP contribution in [0.15, 0.2) is 69.3 Å². The standard InChI is InChI=1S/C27H21IN2O3S2/c1-2-33-20-13-15(12-19(28)25(20)31)14-22-26(32)30-24(21-8-5-11-34-21)18-10-9-16-6-3-4-7-17(16)23(18)29-27(30)35-22/h3-8,11-14,24,31H,2,9-10H2,1H3/b22-14+/t24-/m1/s1. The number of benzene rings is 2. The summed E-state index contributed by atoms with van der Waals surface area (Å²) in [4.78, 5) is 20.7. The van der Waals surface area contributed by atoms with Crippen LogP contribution >= 0.6 is 45.3 Å². The number of thiophene rings is 1. The Bertz CT molecular complexity index is 1670. The van der Waals surface area contributed by atoms with Crippen LogP contribution in [0.25, 0.3) is 11.8 Å². The van der Waals surface area contributed by atoms with Gasteiger partial charge in [0.2, 0.25) is 0 Å². The second kappa shape index (κ2) is 9.07. The number of allylic oxidation sites excluding steroid dienone is 1. The van der Waals surface area contributed by atoms with E-state index in [2.05, 4.69) is 58.3 Å². The molecule has 176 valence electrons. The number of phenolic OH excluding ortho intramolecular Hbond substituents is 1. The van der Waals surface area contributed by atoms with Crippen molar-refractivity contribution >= 4 is 57.0 Å². The summed E-state index contributed by atoms with van der Waals surface area (Å²) in [6.07, 6.45) is 3.70. The van der Waals surface area contributed by atoms with Crippen molar-refractivity contribution in [1.82, 2.24) is 4.57 Å². The summed E-state index contributed by atoms with van der Waals surface area (Å²) >= 11 is 5.17. The van der Waals surface area contributed by atoms with Crippen molar-refractivity contribution in [2.75, 3.05) is 6.61 Å². The Morgan fingerprint density at radius 2 is 2.09 bits per heavy atom. The second-order valence-electron chi connectivity index (χ2n) is 8.41. The van der Waals surface area contributed by atoms with Gasteiger partial charge < -0.3 is 9.84 Å². The average molecular weight is 613 g/mol. The molecule has 0 spiro atoms. The minimum atomic E-state index is -0.143. The third kappa shape index (κ3) is 3.88. The molecule has 1 aliphatic heterocycles. The van der Waals surface area contributed by atoms with E-state index in [4.69, 9.17) is 9.73 Å². The van der Waals surface area contributed by atoms with Crippen molar-refractivity contribution in [3.63, 3.8) is 0 Å². The smallest absolute Gasteiger partial charge is 0.271 e. The molecule has 0 saturated carbocycles. The lowest BCUT2D eigenvalue weighted by atomic mass is 9.85. The Labute approximate surface area is 223 Å². The molecule has 0 saturated heterocycles. The summed E-state index contributed by atoms with van der Waals surface area (Å²) in [5.41, 5.74) is 5.46. The van der Waals surface area contributed by atoms with Crippen LogP contribution in [-0.4, -0.2) is 16.3 Å². The van der Waals surface area contributed by atoms with E-state index in [-0.39, 0.29) is 17.4 Å².